The van der Waals surface area contributed by atoms with Crippen LogP contribution in [0.2, 0.25) is 5.02 Å². The summed E-state index contributed by atoms with van der Waals surface area (Å²) in [6.45, 7) is 0.231. The number of benzene rings is 2. The highest BCUT2D eigenvalue weighted by Crippen LogP contribution is 2.34. The molecule has 124 valence electrons. The Morgan fingerprint density at radius 3 is 2.76 bits per heavy atom. The first-order valence-corrected chi connectivity index (χ1v) is 8.84. The van der Waals surface area contributed by atoms with Crippen molar-refractivity contribution in [3.8, 4) is 5.88 Å². The smallest absolute Gasteiger partial charge is 0.310 e. The Balaban J connectivity index is 1.72. The molecule has 6 heteroatoms. The zero-order valence-electron chi connectivity index (χ0n) is 13.0. The van der Waals surface area contributed by atoms with Crippen LogP contribution in [0.4, 0.5) is 5.69 Å². The van der Waals surface area contributed by atoms with Crippen molar-refractivity contribution in [2.75, 3.05) is 0 Å². The van der Waals surface area contributed by atoms with E-state index in [1.165, 1.54) is 4.57 Å². The Kier molecular flexibility index (Phi) is 4.03. The first-order valence-electron chi connectivity index (χ1n) is 7.64. The average molecular weight is 369 g/mol. The fourth-order valence-corrected chi connectivity index (χ4v) is 3.77. The highest BCUT2D eigenvalue weighted by atomic mass is 35.5. The van der Waals surface area contributed by atoms with E-state index in [9.17, 15) is 9.90 Å². The number of nitrogens with zero attached hydrogens (tertiary/aromatic N) is 2. The van der Waals surface area contributed by atoms with E-state index >= 15 is 0 Å². The van der Waals surface area contributed by atoms with E-state index in [4.69, 9.17) is 11.6 Å². The van der Waals surface area contributed by atoms with E-state index in [2.05, 4.69) is 4.99 Å². The number of hydrogen-bond donors (Lipinski definition) is 1. The monoisotopic (exact) mass is 368 g/mol. The summed E-state index contributed by atoms with van der Waals surface area (Å²) in [6, 6.07) is 15.0. The quantitative estimate of drug-likeness (QED) is 0.736. The summed E-state index contributed by atoms with van der Waals surface area (Å²) in [5.74, 6) is -0.0554. The van der Waals surface area contributed by atoms with Gasteiger partial charge in [-0.1, -0.05) is 59.3 Å². The summed E-state index contributed by atoms with van der Waals surface area (Å²) < 4.78 is 1.33. The molecule has 2 heterocycles. The molecule has 1 aliphatic rings. The number of aromatic hydroxyl groups is 1. The van der Waals surface area contributed by atoms with Crippen LogP contribution >= 0.6 is 22.9 Å². The number of aromatic nitrogens is 1. The molecule has 0 bridgehead atoms. The van der Waals surface area contributed by atoms with Crippen LogP contribution in [0.25, 0.3) is 11.6 Å². The molecule has 4 nitrogen and oxygen atoms in total. The Labute approximate surface area is 153 Å². The minimum absolute atomic E-state index is 0.0554. The van der Waals surface area contributed by atoms with Gasteiger partial charge in [-0.3, -0.25) is 14.4 Å². The summed E-state index contributed by atoms with van der Waals surface area (Å²) in [4.78, 5) is 16.9. The van der Waals surface area contributed by atoms with Gasteiger partial charge >= 0.3 is 4.87 Å². The lowest BCUT2D eigenvalue weighted by Crippen LogP contribution is -2.13. The van der Waals surface area contributed by atoms with Gasteiger partial charge in [-0.15, -0.1) is 0 Å². The molecule has 0 amide bonds. The largest absolute Gasteiger partial charge is 0.493 e. The van der Waals surface area contributed by atoms with Crippen molar-refractivity contribution in [3.63, 3.8) is 0 Å². The number of thiazole rings is 1. The molecule has 1 aromatic heterocycles. The third kappa shape index (κ3) is 2.92. The van der Waals surface area contributed by atoms with Crippen LogP contribution in [-0.2, 0) is 6.54 Å². The number of allylic oxidation sites excluding steroid dienone is 1. The van der Waals surface area contributed by atoms with Gasteiger partial charge in [-0.2, -0.15) is 0 Å². The zero-order valence-corrected chi connectivity index (χ0v) is 14.6. The van der Waals surface area contributed by atoms with Crippen molar-refractivity contribution in [2.24, 2.45) is 4.99 Å². The highest BCUT2D eigenvalue weighted by molar-refractivity contribution is 7.10. The van der Waals surface area contributed by atoms with Crippen molar-refractivity contribution < 1.29 is 5.11 Å². The standard InChI is InChI=1S/C19H13ClN2O2S/c20-15-7-3-1-5-12(15)11-22-18(23)17(25-19(22)24)9-13-10-21-16-8-4-2-6-14(13)16/h1-10,23H,11H2/b13-9-. The lowest BCUT2D eigenvalue weighted by Gasteiger charge is -2.06. The summed E-state index contributed by atoms with van der Waals surface area (Å²) >= 11 is 7.16. The summed E-state index contributed by atoms with van der Waals surface area (Å²) in [7, 11) is 0. The maximum absolute atomic E-state index is 12.3. The molecular formula is C19H13ClN2O2S. The third-order valence-electron chi connectivity index (χ3n) is 4.02. The molecule has 0 spiro atoms. The lowest BCUT2D eigenvalue weighted by atomic mass is 10.1. The fraction of sp³-hybridized carbons (Fsp3) is 0.0526. The van der Waals surface area contributed by atoms with Crippen LogP contribution in [-0.4, -0.2) is 15.9 Å². The number of fused-ring (bicyclic) bond motifs is 1. The van der Waals surface area contributed by atoms with E-state index in [1.807, 2.05) is 42.5 Å². The molecule has 3 aromatic rings. The molecule has 0 aliphatic carbocycles. The maximum Gasteiger partial charge on any atom is 0.310 e. The number of rotatable bonds is 3. The predicted octanol–water partition coefficient (Wildman–Crippen LogP) is 4.57. The van der Waals surface area contributed by atoms with Crippen molar-refractivity contribution >= 4 is 46.5 Å². The van der Waals surface area contributed by atoms with Gasteiger partial charge in [0.05, 0.1) is 17.1 Å². The maximum atomic E-state index is 12.3. The summed E-state index contributed by atoms with van der Waals surface area (Å²) in [6.07, 6.45) is 3.53. The Hall–Kier alpha value is -2.63. The van der Waals surface area contributed by atoms with Gasteiger partial charge in [0, 0.05) is 22.4 Å². The van der Waals surface area contributed by atoms with Gasteiger partial charge in [-0.25, -0.2) is 0 Å². The molecule has 0 unspecified atom stereocenters. The van der Waals surface area contributed by atoms with Crippen LogP contribution in [0.5, 0.6) is 5.88 Å². The Bertz CT molecular complexity index is 1080. The van der Waals surface area contributed by atoms with E-state index in [0.717, 1.165) is 33.7 Å². The van der Waals surface area contributed by atoms with Crippen LogP contribution in [0.1, 0.15) is 16.0 Å². The molecule has 0 radical (unpaired) electrons. The van der Waals surface area contributed by atoms with Crippen molar-refractivity contribution in [1.29, 1.82) is 0 Å². The lowest BCUT2D eigenvalue weighted by molar-refractivity contribution is 0.420. The van der Waals surface area contributed by atoms with Crippen LogP contribution in [0, 0.1) is 0 Å². The van der Waals surface area contributed by atoms with Crippen LogP contribution in [0.3, 0.4) is 0 Å². The van der Waals surface area contributed by atoms with Crippen molar-refractivity contribution in [2.45, 2.75) is 6.54 Å². The average Bonchev–Trinajstić information content (AvgIpc) is 3.13. The van der Waals surface area contributed by atoms with E-state index in [1.54, 1.807) is 18.4 Å². The van der Waals surface area contributed by atoms with Gasteiger partial charge in [0.2, 0.25) is 5.88 Å². The molecule has 25 heavy (non-hydrogen) atoms. The SMILES string of the molecule is O=c1sc(/C=C2/C=Nc3ccccc32)c(O)n1Cc1ccccc1Cl. The zero-order chi connectivity index (χ0) is 17.4. The van der Waals surface area contributed by atoms with Gasteiger partial charge in [0.25, 0.3) is 0 Å². The molecule has 4 rings (SSSR count). The van der Waals surface area contributed by atoms with Gasteiger partial charge < -0.3 is 5.11 Å². The first-order chi connectivity index (χ1) is 12.1. The number of aliphatic imine (C=N–C) groups is 1. The van der Waals surface area contributed by atoms with E-state index in [0.29, 0.717) is 9.90 Å². The Morgan fingerprint density at radius 2 is 1.92 bits per heavy atom. The number of para-hydroxylation sites is 1. The van der Waals surface area contributed by atoms with Gasteiger partial charge in [0.15, 0.2) is 0 Å². The van der Waals surface area contributed by atoms with Gasteiger partial charge in [-0.05, 0) is 23.8 Å². The van der Waals surface area contributed by atoms with Gasteiger partial charge in [0.1, 0.15) is 0 Å². The minimum atomic E-state index is -0.229. The fourth-order valence-electron chi connectivity index (χ4n) is 2.74. The van der Waals surface area contributed by atoms with Crippen LogP contribution in [0.15, 0.2) is 58.3 Å². The Morgan fingerprint density at radius 1 is 1.16 bits per heavy atom. The van der Waals surface area contributed by atoms with Crippen LogP contribution < -0.4 is 4.87 Å². The second-order valence-electron chi connectivity index (χ2n) is 5.61. The molecule has 0 fully saturated rings. The summed E-state index contributed by atoms with van der Waals surface area (Å²) in [5, 5.41) is 11.1. The normalized spacial score (nSPS) is 14.2. The predicted molar refractivity (Wildman–Crippen MR) is 103 cm³/mol. The van der Waals surface area contributed by atoms with E-state index < -0.39 is 0 Å². The second kappa shape index (κ2) is 6.35. The minimum Gasteiger partial charge on any atom is -0.493 e. The number of halogens is 1. The molecule has 2 aromatic carbocycles. The molecule has 0 saturated carbocycles. The summed E-state index contributed by atoms with van der Waals surface area (Å²) in [5.41, 5.74) is 3.53. The molecule has 0 atom stereocenters. The molecule has 1 N–H and O–H groups in total. The van der Waals surface area contributed by atoms with E-state index in [-0.39, 0.29) is 17.3 Å². The molecule has 0 saturated heterocycles. The third-order valence-corrected chi connectivity index (χ3v) is 5.31. The van der Waals surface area contributed by atoms with Crippen molar-refractivity contribution in [3.05, 3.63) is 79.2 Å². The molecule has 1 aliphatic heterocycles. The number of hydrogen-bond acceptors (Lipinski definition) is 4. The molecular weight excluding hydrogens is 356 g/mol. The second-order valence-corrected chi connectivity index (χ2v) is 7.01. The highest BCUT2D eigenvalue weighted by Gasteiger charge is 2.17. The topological polar surface area (TPSA) is 54.6 Å². The first kappa shape index (κ1) is 15.9. The van der Waals surface area contributed by atoms with Crippen molar-refractivity contribution in [1.82, 2.24) is 4.57 Å².